The van der Waals surface area contributed by atoms with E-state index in [1.807, 2.05) is 0 Å². The minimum atomic E-state index is -1.13. The summed E-state index contributed by atoms with van der Waals surface area (Å²) in [4.78, 5) is 22.0. The van der Waals surface area contributed by atoms with Crippen LogP contribution in [0.4, 0.5) is 4.79 Å². The Hall–Kier alpha value is -2.30. The smallest absolute Gasteiger partial charge is 0.412 e. The van der Waals surface area contributed by atoms with Crippen molar-refractivity contribution in [3.63, 3.8) is 0 Å². The Labute approximate surface area is 98.8 Å². The summed E-state index contributed by atoms with van der Waals surface area (Å²) >= 11 is 0. The van der Waals surface area contributed by atoms with Crippen LogP contribution in [0, 0.1) is 6.92 Å². The average molecular weight is 235 g/mol. The lowest BCUT2D eigenvalue weighted by Gasteiger charge is -2.10. The van der Waals surface area contributed by atoms with Crippen LogP contribution < -0.4 is 10.5 Å². The minimum absolute atomic E-state index is 0.241. The number of primary amides is 1. The molecule has 1 rings (SSSR count). The van der Waals surface area contributed by atoms with E-state index in [9.17, 15) is 9.59 Å². The van der Waals surface area contributed by atoms with E-state index in [1.54, 1.807) is 25.1 Å². The van der Waals surface area contributed by atoms with Gasteiger partial charge in [0.15, 0.2) is 0 Å². The molecule has 17 heavy (non-hydrogen) atoms. The lowest BCUT2D eigenvalue weighted by Crippen LogP contribution is -2.19. The molecule has 0 aliphatic heterocycles. The maximum absolute atomic E-state index is 11.5. The Morgan fingerprint density at radius 2 is 2.18 bits per heavy atom. The van der Waals surface area contributed by atoms with Crippen LogP contribution in [-0.4, -0.2) is 18.7 Å². The molecule has 0 bridgehead atoms. The van der Waals surface area contributed by atoms with Crippen molar-refractivity contribution in [1.29, 1.82) is 0 Å². The maximum atomic E-state index is 11.5. The van der Waals surface area contributed by atoms with Gasteiger partial charge in [-0.05, 0) is 19.1 Å². The summed E-state index contributed by atoms with van der Waals surface area (Å²) in [6, 6.07) is 4.87. The van der Waals surface area contributed by atoms with Gasteiger partial charge < -0.3 is 15.2 Å². The van der Waals surface area contributed by atoms with Gasteiger partial charge in [0.1, 0.15) is 12.4 Å². The number of esters is 1. The molecule has 5 nitrogen and oxygen atoms in total. The fraction of sp³-hybridized carbons (Fsp3) is 0.167. The normalized spacial score (nSPS) is 9.47. The zero-order chi connectivity index (χ0) is 12.8. The van der Waals surface area contributed by atoms with Gasteiger partial charge in [-0.25, -0.2) is 9.59 Å². The number of carbonyl (C=O) groups is 2. The van der Waals surface area contributed by atoms with Crippen LogP contribution in [0.1, 0.15) is 15.9 Å². The summed E-state index contributed by atoms with van der Waals surface area (Å²) in [6.07, 6.45) is 0.459. The van der Waals surface area contributed by atoms with Gasteiger partial charge >= 0.3 is 12.1 Å². The number of nitrogens with two attached hydrogens (primary N) is 1. The van der Waals surface area contributed by atoms with E-state index in [2.05, 4.69) is 11.3 Å². The van der Waals surface area contributed by atoms with Gasteiger partial charge in [-0.1, -0.05) is 18.7 Å². The number of amides is 1. The van der Waals surface area contributed by atoms with Crippen LogP contribution in [0.5, 0.6) is 5.75 Å². The van der Waals surface area contributed by atoms with E-state index in [0.29, 0.717) is 17.9 Å². The molecule has 0 saturated heterocycles. The van der Waals surface area contributed by atoms with Gasteiger partial charge in [0.25, 0.3) is 0 Å². The summed E-state index contributed by atoms with van der Waals surface area (Å²) in [5.41, 5.74) is 5.60. The van der Waals surface area contributed by atoms with Crippen molar-refractivity contribution in [2.75, 3.05) is 6.61 Å². The summed E-state index contributed by atoms with van der Waals surface area (Å²) < 4.78 is 9.64. The van der Waals surface area contributed by atoms with Crippen molar-refractivity contribution in [1.82, 2.24) is 0 Å². The highest BCUT2D eigenvalue weighted by Crippen LogP contribution is 2.22. The monoisotopic (exact) mass is 235 g/mol. The number of carbonyl (C=O) groups excluding carboxylic acids is 2. The zero-order valence-electron chi connectivity index (χ0n) is 9.43. The fourth-order valence-corrected chi connectivity index (χ4v) is 1.29. The van der Waals surface area contributed by atoms with Crippen molar-refractivity contribution in [3.8, 4) is 5.75 Å². The molecule has 1 aromatic carbocycles. The van der Waals surface area contributed by atoms with Crippen LogP contribution in [0.15, 0.2) is 30.9 Å². The lowest BCUT2D eigenvalue weighted by atomic mass is 10.1. The first-order valence-electron chi connectivity index (χ1n) is 4.91. The fourth-order valence-electron chi connectivity index (χ4n) is 1.29. The average Bonchev–Trinajstić information content (AvgIpc) is 2.26. The second-order valence-corrected chi connectivity index (χ2v) is 3.24. The predicted molar refractivity (Wildman–Crippen MR) is 61.9 cm³/mol. The SMILES string of the molecule is C=CCOc1cccc(C(=O)OC(N)=O)c1C. The van der Waals surface area contributed by atoms with E-state index < -0.39 is 12.1 Å². The largest absolute Gasteiger partial charge is 0.489 e. The second kappa shape index (κ2) is 5.69. The van der Waals surface area contributed by atoms with Gasteiger partial charge in [-0.2, -0.15) is 0 Å². The number of rotatable bonds is 4. The quantitative estimate of drug-likeness (QED) is 0.490. The number of benzene rings is 1. The number of hydrogen-bond donors (Lipinski definition) is 1. The molecule has 0 aliphatic carbocycles. The first-order valence-corrected chi connectivity index (χ1v) is 4.91. The van der Waals surface area contributed by atoms with Crippen LogP contribution in [-0.2, 0) is 4.74 Å². The van der Waals surface area contributed by atoms with Crippen LogP contribution in [0.2, 0.25) is 0 Å². The Morgan fingerprint density at radius 1 is 1.47 bits per heavy atom. The predicted octanol–water partition coefficient (Wildman–Crippen LogP) is 1.80. The van der Waals surface area contributed by atoms with Crippen molar-refractivity contribution in [3.05, 3.63) is 42.0 Å². The Morgan fingerprint density at radius 3 is 2.76 bits per heavy atom. The molecule has 0 saturated carbocycles. The molecular weight excluding hydrogens is 222 g/mol. The van der Waals surface area contributed by atoms with Gasteiger partial charge in [-0.15, -0.1) is 0 Å². The van der Waals surface area contributed by atoms with Crippen LogP contribution in [0.25, 0.3) is 0 Å². The molecular formula is C12H13NO4. The molecule has 2 N–H and O–H groups in total. The highest BCUT2D eigenvalue weighted by molar-refractivity contribution is 5.97. The van der Waals surface area contributed by atoms with Crippen molar-refractivity contribution in [2.24, 2.45) is 5.73 Å². The molecule has 0 aromatic heterocycles. The van der Waals surface area contributed by atoms with Crippen molar-refractivity contribution in [2.45, 2.75) is 6.92 Å². The first-order chi connectivity index (χ1) is 8.06. The molecule has 1 amide bonds. The second-order valence-electron chi connectivity index (χ2n) is 3.24. The summed E-state index contributed by atoms with van der Waals surface area (Å²) in [6.45, 7) is 5.54. The Bertz CT molecular complexity index is 454. The highest BCUT2D eigenvalue weighted by Gasteiger charge is 2.15. The van der Waals surface area contributed by atoms with Crippen molar-refractivity contribution < 1.29 is 19.1 Å². The lowest BCUT2D eigenvalue weighted by molar-refractivity contribution is 0.0637. The minimum Gasteiger partial charge on any atom is -0.489 e. The van der Waals surface area contributed by atoms with E-state index in [4.69, 9.17) is 10.5 Å². The standard InChI is InChI=1S/C12H13NO4/c1-3-7-16-10-6-4-5-9(8(10)2)11(14)17-12(13)15/h3-6H,1,7H2,2H3,(H2,13,15). The molecule has 0 fully saturated rings. The molecule has 0 radical (unpaired) electrons. The topological polar surface area (TPSA) is 78.6 Å². The molecule has 0 heterocycles. The van der Waals surface area contributed by atoms with E-state index in [0.717, 1.165) is 0 Å². The molecule has 0 unspecified atom stereocenters. The third kappa shape index (κ3) is 3.34. The summed E-state index contributed by atoms with van der Waals surface area (Å²) in [5.74, 6) is -0.261. The molecule has 0 atom stereocenters. The molecule has 1 aromatic rings. The third-order valence-corrected chi connectivity index (χ3v) is 2.05. The van der Waals surface area contributed by atoms with E-state index in [-0.39, 0.29) is 5.56 Å². The van der Waals surface area contributed by atoms with Gasteiger partial charge in [-0.3, -0.25) is 0 Å². The van der Waals surface area contributed by atoms with Crippen molar-refractivity contribution >= 4 is 12.1 Å². The Kier molecular flexibility index (Phi) is 4.28. The third-order valence-electron chi connectivity index (χ3n) is 2.05. The zero-order valence-corrected chi connectivity index (χ0v) is 9.43. The van der Waals surface area contributed by atoms with Gasteiger partial charge in [0.05, 0.1) is 5.56 Å². The highest BCUT2D eigenvalue weighted by atomic mass is 16.6. The summed E-state index contributed by atoms with van der Waals surface area (Å²) in [5, 5.41) is 0. The molecule has 90 valence electrons. The molecule has 0 spiro atoms. The summed E-state index contributed by atoms with van der Waals surface area (Å²) in [7, 11) is 0. The van der Waals surface area contributed by atoms with Crippen LogP contribution in [0.3, 0.4) is 0 Å². The van der Waals surface area contributed by atoms with Gasteiger partial charge in [0.2, 0.25) is 0 Å². The molecule has 5 heteroatoms. The van der Waals surface area contributed by atoms with E-state index in [1.165, 1.54) is 6.07 Å². The number of hydrogen-bond acceptors (Lipinski definition) is 4. The van der Waals surface area contributed by atoms with Crippen LogP contribution >= 0.6 is 0 Å². The van der Waals surface area contributed by atoms with Gasteiger partial charge in [0, 0.05) is 5.56 Å². The number of ether oxygens (including phenoxy) is 2. The maximum Gasteiger partial charge on any atom is 0.412 e. The Balaban J connectivity index is 2.96. The van der Waals surface area contributed by atoms with E-state index >= 15 is 0 Å². The first kappa shape index (κ1) is 12.8. The molecule has 0 aliphatic rings.